The van der Waals surface area contributed by atoms with Crippen molar-refractivity contribution in [2.24, 2.45) is 0 Å². The lowest BCUT2D eigenvalue weighted by atomic mass is 11.7. The molecular weight excluding hydrogens is 115 g/mol. The molecule has 0 aromatic rings. The molecule has 1 N–H and O–H groups in total. The Morgan fingerprint density at radius 1 is 1.57 bits per heavy atom. The van der Waals surface area contributed by atoms with Crippen molar-refractivity contribution in [3.63, 3.8) is 0 Å². The standard InChI is InChI=1S/C2H7OP.CH2O2/c1-4(2)3;2-1-3/h4H,1-2H3;1H,(H,2,3). The number of carbonyl (C=O) groups is 1. The fourth-order valence-electron chi connectivity index (χ4n) is 0. The van der Waals surface area contributed by atoms with E-state index in [1.807, 2.05) is 0 Å². The largest absolute Gasteiger partial charge is 0.483 e. The smallest absolute Gasteiger partial charge is 0.290 e. The molecule has 0 saturated carbocycles. The summed E-state index contributed by atoms with van der Waals surface area (Å²) < 4.78 is 9.63. The first-order valence-corrected chi connectivity index (χ1v) is 4.11. The van der Waals surface area contributed by atoms with E-state index in [-0.39, 0.29) is 6.47 Å². The Bertz CT molecular complexity index is 57.2. The number of carboxylic acid groups (broad SMARTS) is 1. The molecule has 44 valence electrons. The highest BCUT2D eigenvalue weighted by atomic mass is 31.1. The molecule has 0 heterocycles. The number of hydrogen-bond acceptors (Lipinski definition) is 2. The normalized spacial score (nSPS) is 6.71. The van der Waals surface area contributed by atoms with Crippen LogP contribution in [-0.4, -0.2) is 24.9 Å². The van der Waals surface area contributed by atoms with Gasteiger partial charge in [-0.2, -0.15) is 0 Å². The van der Waals surface area contributed by atoms with Crippen LogP contribution in [0.2, 0.25) is 0 Å². The van der Waals surface area contributed by atoms with Crippen molar-refractivity contribution < 1.29 is 14.5 Å². The van der Waals surface area contributed by atoms with Gasteiger partial charge in [0.15, 0.2) is 0 Å². The van der Waals surface area contributed by atoms with E-state index in [0.717, 1.165) is 0 Å². The molecule has 0 spiro atoms. The summed E-state index contributed by atoms with van der Waals surface area (Å²) in [6, 6.07) is 0. The van der Waals surface area contributed by atoms with E-state index in [4.69, 9.17) is 9.90 Å². The first-order chi connectivity index (χ1) is 3.15. The van der Waals surface area contributed by atoms with E-state index in [1.54, 1.807) is 13.3 Å². The van der Waals surface area contributed by atoms with Gasteiger partial charge in [0.25, 0.3) is 6.47 Å². The third-order valence-electron chi connectivity index (χ3n) is 0. The van der Waals surface area contributed by atoms with Crippen LogP contribution < -0.4 is 0 Å². The maximum atomic E-state index is 9.63. The molecule has 0 aromatic heterocycles. The van der Waals surface area contributed by atoms with Gasteiger partial charge < -0.3 is 9.67 Å². The Kier molecular flexibility index (Phi) is 12.9. The minimum Gasteiger partial charge on any atom is -0.483 e. The molecule has 0 fully saturated rings. The van der Waals surface area contributed by atoms with Gasteiger partial charge in [0.1, 0.15) is 0 Å². The summed E-state index contributed by atoms with van der Waals surface area (Å²) in [6.45, 7) is 3.18. The van der Waals surface area contributed by atoms with E-state index < -0.39 is 7.80 Å². The molecule has 0 amide bonds. The van der Waals surface area contributed by atoms with E-state index in [2.05, 4.69) is 0 Å². The lowest BCUT2D eigenvalue weighted by Gasteiger charge is -1.59. The van der Waals surface area contributed by atoms with Gasteiger partial charge in [-0.1, -0.05) is 0 Å². The van der Waals surface area contributed by atoms with Crippen LogP contribution in [0.4, 0.5) is 0 Å². The maximum Gasteiger partial charge on any atom is 0.290 e. The van der Waals surface area contributed by atoms with Crippen molar-refractivity contribution in [2.45, 2.75) is 0 Å². The Balaban J connectivity index is 0. The average Bonchev–Trinajstić information content (AvgIpc) is 1.33. The molecule has 0 aliphatic carbocycles. The summed E-state index contributed by atoms with van der Waals surface area (Å²) in [5, 5.41) is 6.89. The highest BCUT2D eigenvalue weighted by Gasteiger charge is 1.58. The van der Waals surface area contributed by atoms with Crippen LogP contribution in [0.1, 0.15) is 0 Å². The second-order valence-corrected chi connectivity index (χ2v) is 2.83. The number of rotatable bonds is 0. The van der Waals surface area contributed by atoms with Gasteiger partial charge in [-0.3, -0.25) is 4.79 Å². The summed E-state index contributed by atoms with van der Waals surface area (Å²) in [6.07, 6.45) is 0. The second kappa shape index (κ2) is 9.20. The molecule has 0 saturated heterocycles. The monoisotopic (exact) mass is 124 g/mol. The van der Waals surface area contributed by atoms with Crippen molar-refractivity contribution in [3.8, 4) is 0 Å². The zero-order valence-electron chi connectivity index (χ0n) is 4.34. The summed E-state index contributed by atoms with van der Waals surface area (Å²) >= 11 is 0. The van der Waals surface area contributed by atoms with Gasteiger partial charge in [0.05, 0.1) is 7.80 Å². The molecule has 0 aromatic carbocycles. The van der Waals surface area contributed by atoms with Crippen LogP contribution in [-0.2, 0) is 9.36 Å². The molecule has 0 bridgehead atoms. The van der Waals surface area contributed by atoms with Crippen LogP contribution in [0.25, 0.3) is 0 Å². The lowest BCUT2D eigenvalue weighted by molar-refractivity contribution is -0.122. The molecule has 0 aliphatic heterocycles. The van der Waals surface area contributed by atoms with Crippen LogP contribution in [0.5, 0.6) is 0 Å². The first kappa shape index (κ1) is 9.85. The molecule has 7 heavy (non-hydrogen) atoms. The van der Waals surface area contributed by atoms with Gasteiger partial charge in [-0.15, -0.1) is 0 Å². The van der Waals surface area contributed by atoms with Gasteiger partial charge in [0.2, 0.25) is 0 Å². The summed E-state index contributed by atoms with van der Waals surface area (Å²) in [7, 11) is -1.13. The Labute approximate surface area is 43.1 Å². The predicted octanol–water partition coefficient (Wildman–Crippen LogP) is 0.506. The van der Waals surface area contributed by atoms with Crippen LogP contribution >= 0.6 is 7.80 Å². The summed E-state index contributed by atoms with van der Waals surface area (Å²) in [5.74, 6) is 0. The topological polar surface area (TPSA) is 54.4 Å². The van der Waals surface area contributed by atoms with E-state index in [1.165, 1.54) is 0 Å². The third kappa shape index (κ3) is 867. The van der Waals surface area contributed by atoms with Gasteiger partial charge in [-0.25, -0.2) is 0 Å². The fourth-order valence-corrected chi connectivity index (χ4v) is 0. The Morgan fingerprint density at radius 3 is 1.57 bits per heavy atom. The lowest BCUT2D eigenvalue weighted by Crippen LogP contribution is -1.49. The van der Waals surface area contributed by atoms with Crippen LogP contribution in [0.15, 0.2) is 0 Å². The minimum absolute atomic E-state index is 0.250. The number of hydrogen-bond donors (Lipinski definition) is 1. The second-order valence-electron chi connectivity index (χ2n) is 1.01. The maximum absolute atomic E-state index is 9.63. The Hall–Kier alpha value is -0.300. The quantitative estimate of drug-likeness (QED) is 0.378. The molecule has 0 atom stereocenters. The minimum atomic E-state index is -1.13. The van der Waals surface area contributed by atoms with E-state index >= 15 is 0 Å². The molecule has 0 rings (SSSR count). The van der Waals surface area contributed by atoms with Crippen molar-refractivity contribution >= 4 is 14.3 Å². The average molecular weight is 124 g/mol. The van der Waals surface area contributed by atoms with E-state index in [9.17, 15) is 4.57 Å². The third-order valence-corrected chi connectivity index (χ3v) is 0. The van der Waals surface area contributed by atoms with Crippen LogP contribution in [0.3, 0.4) is 0 Å². The summed E-state index contributed by atoms with van der Waals surface area (Å²) in [5.41, 5.74) is 0. The fraction of sp³-hybridized carbons (Fsp3) is 0.667. The van der Waals surface area contributed by atoms with Gasteiger partial charge in [0, 0.05) is 0 Å². The zero-order chi connectivity index (χ0) is 6.28. The first-order valence-electron chi connectivity index (χ1n) is 1.70. The molecule has 0 aliphatic rings. The molecule has 0 unspecified atom stereocenters. The van der Waals surface area contributed by atoms with E-state index in [0.29, 0.717) is 0 Å². The molecule has 0 radical (unpaired) electrons. The van der Waals surface area contributed by atoms with Crippen molar-refractivity contribution in [3.05, 3.63) is 0 Å². The van der Waals surface area contributed by atoms with Crippen LogP contribution in [0, 0.1) is 0 Å². The Morgan fingerprint density at radius 2 is 1.57 bits per heavy atom. The SMILES string of the molecule is C[PH](C)=O.O=CO. The summed E-state index contributed by atoms with van der Waals surface area (Å²) in [4.78, 5) is 8.36. The zero-order valence-corrected chi connectivity index (χ0v) is 5.34. The predicted molar refractivity (Wildman–Crippen MR) is 29.5 cm³/mol. The highest BCUT2D eigenvalue weighted by Crippen LogP contribution is 2.00. The van der Waals surface area contributed by atoms with Crippen molar-refractivity contribution in [1.29, 1.82) is 0 Å². The van der Waals surface area contributed by atoms with Crippen molar-refractivity contribution in [1.82, 2.24) is 0 Å². The van der Waals surface area contributed by atoms with Gasteiger partial charge in [-0.05, 0) is 13.3 Å². The molecule has 4 heteroatoms. The van der Waals surface area contributed by atoms with Crippen molar-refractivity contribution in [2.75, 3.05) is 13.3 Å². The molecule has 3 nitrogen and oxygen atoms in total. The highest BCUT2D eigenvalue weighted by molar-refractivity contribution is 7.42. The molecular formula is C3H9O3P. The van der Waals surface area contributed by atoms with Gasteiger partial charge >= 0.3 is 0 Å².